The summed E-state index contributed by atoms with van der Waals surface area (Å²) in [4.78, 5) is 9.00. The van der Waals surface area contributed by atoms with Gasteiger partial charge in [-0.3, -0.25) is 9.36 Å². The molecule has 1 N–H and O–H groups in total. The van der Waals surface area contributed by atoms with E-state index in [2.05, 4.69) is 11.2 Å². The van der Waals surface area contributed by atoms with Gasteiger partial charge in [-0.1, -0.05) is 0 Å². The minimum absolute atomic E-state index is 0.361. The molecule has 0 aromatic heterocycles. The maximum atomic E-state index is 9.00. The highest BCUT2D eigenvalue weighted by Gasteiger charge is 1.65. The first-order chi connectivity index (χ1) is 3.15. The summed E-state index contributed by atoms with van der Waals surface area (Å²) in [5, 5.41) is 7.42. The number of carboxylic acids is 1. The van der Waals surface area contributed by atoms with Crippen molar-refractivity contribution < 1.29 is 14.5 Å². The van der Waals surface area contributed by atoms with Crippen LogP contribution in [0.2, 0.25) is 0 Å². The van der Waals surface area contributed by atoms with E-state index in [1.807, 2.05) is 0 Å². The zero-order valence-electron chi connectivity index (χ0n) is 3.59. The minimum Gasteiger partial charge on any atom is -0.481 e. The number of carboxylic acid groups (broad SMARTS) is 1. The van der Waals surface area contributed by atoms with Crippen molar-refractivity contribution in [3.8, 4) is 0 Å². The van der Waals surface area contributed by atoms with E-state index >= 15 is 0 Å². The average Bonchev–Trinajstić information content (AvgIpc) is 1.33. The second-order valence-corrected chi connectivity index (χ2v) is 1.14. The molecule has 0 fully saturated rings. The quantitative estimate of drug-likeness (QED) is 0.522. The van der Waals surface area contributed by atoms with E-state index < -0.39 is 5.97 Å². The van der Waals surface area contributed by atoms with Crippen molar-refractivity contribution in [1.82, 2.24) is 0 Å². The second-order valence-electron chi connectivity index (χ2n) is 0.588. The summed E-state index contributed by atoms with van der Waals surface area (Å²) < 4.78 is 8.67. The Labute approximate surface area is 47.3 Å². The molecular weight excluding hydrogens is 138 g/mol. The van der Waals surface area contributed by atoms with Crippen LogP contribution in [0.5, 0.6) is 0 Å². The Bertz CT molecular complexity index is 60.0. The van der Waals surface area contributed by atoms with Crippen molar-refractivity contribution in [1.29, 1.82) is 0 Å². The topological polar surface area (TPSA) is 54.4 Å². The minimum atomic E-state index is -0.833. The molecule has 0 heterocycles. The van der Waals surface area contributed by atoms with Crippen LogP contribution in [-0.4, -0.2) is 11.1 Å². The smallest absolute Gasteiger partial charge is 0.300 e. The Morgan fingerprint density at radius 3 is 1.86 bits per heavy atom. The number of hydrogen-bond donors (Lipinski definition) is 1. The van der Waals surface area contributed by atoms with Gasteiger partial charge in [-0.05, 0) is 11.2 Å². The summed E-state index contributed by atoms with van der Waals surface area (Å²) in [6.07, 6.45) is 0. The first-order valence-corrected chi connectivity index (χ1v) is 3.00. The number of halogens is 1. The molecule has 5 heteroatoms. The lowest BCUT2D eigenvalue weighted by Crippen LogP contribution is -1.78. The van der Waals surface area contributed by atoms with Crippen molar-refractivity contribution in [3.63, 3.8) is 0 Å². The van der Waals surface area contributed by atoms with Gasteiger partial charge in [0, 0.05) is 6.92 Å². The van der Waals surface area contributed by atoms with Gasteiger partial charge in [0.2, 0.25) is 0 Å². The Morgan fingerprint density at radius 2 is 1.86 bits per heavy atom. The van der Waals surface area contributed by atoms with E-state index in [9.17, 15) is 0 Å². The fraction of sp³-hybridized carbons (Fsp3) is 0.500. The highest BCUT2D eigenvalue weighted by molar-refractivity contribution is 7.57. The number of hydrogen-bond acceptors (Lipinski definition) is 2. The fourth-order valence-corrected chi connectivity index (χ4v) is 0. The number of rotatable bonds is 0. The molecule has 0 saturated heterocycles. The van der Waals surface area contributed by atoms with Crippen LogP contribution in [0.25, 0.3) is 0 Å². The van der Waals surface area contributed by atoms with Gasteiger partial charge in [-0.25, -0.2) is 0 Å². The van der Waals surface area contributed by atoms with Gasteiger partial charge in [-0.15, -0.1) is 0 Å². The molecule has 0 spiro atoms. The van der Waals surface area contributed by atoms with E-state index in [1.165, 1.54) is 0 Å². The first kappa shape index (κ1) is 9.97. The van der Waals surface area contributed by atoms with Crippen molar-refractivity contribution in [2.45, 2.75) is 6.92 Å². The monoisotopic (exact) mass is 142 g/mol. The van der Waals surface area contributed by atoms with Gasteiger partial charge < -0.3 is 5.11 Å². The predicted molar refractivity (Wildman–Crippen MR) is 26.8 cm³/mol. The molecule has 3 nitrogen and oxygen atoms in total. The second kappa shape index (κ2) is 9.29. The van der Waals surface area contributed by atoms with Gasteiger partial charge >= 0.3 is 0 Å². The fourth-order valence-electron chi connectivity index (χ4n) is 0. The maximum Gasteiger partial charge on any atom is 0.300 e. The zero-order chi connectivity index (χ0) is 6.28. The number of carbonyl (C=O) groups is 1. The van der Waals surface area contributed by atoms with Crippen molar-refractivity contribution in [2.75, 3.05) is 0 Å². The molecule has 7 heavy (non-hydrogen) atoms. The van der Waals surface area contributed by atoms with Crippen LogP contribution in [0.4, 0.5) is 0 Å². The van der Waals surface area contributed by atoms with Gasteiger partial charge in [0.25, 0.3) is 13.8 Å². The standard InChI is InChI=1S/C2H4O2.ClOP/c1-2(3)4;1-3-2/h1H3,(H,3,4);. The highest BCUT2D eigenvalue weighted by atomic mass is 35.7. The molecule has 0 aromatic carbocycles. The largest absolute Gasteiger partial charge is 0.481 e. The average molecular weight is 142 g/mol. The molecule has 0 atom stereocenters. The third-order valence-electron chi connectivity index (χ3n) is 0. The van der Waals surface area contributed by atoms with E-state index in [4.69, 9.17) is 14.5 Å². The molecule has 0 bridgehead atoms. The summed E-state index contributed by atoms with van der Waals surface area (Å²) >= 11 is 4.42. The molecule has 0 aliphatic carbocycles. The Hall–Kier alpha value is -0.140. The van der Waals surface area contributed by atoms with Crippen LogP contribution in [0.1, 0.15) is 6.92 Å². The van der Waals surface area contributed by atoms with Crippen molar-refractivity contribution >= 4 is 25.0 Å². The molecule has 0 aliphatic rings. The van der Waals surface area contributed by atoms with Crippen LogP contribution in [0, 0.1) is 0 Å². The summed E-state index contributed by atoms with van der Waals surface area (Å²) in [7, 11) is -0.361. The Kier molecular flexibility index (Phi) is 13.2. The zero-order valence-corrected chi connectivity index (χ0v) is 5.24. The molecule has 0 amide bonds. The van der Waals surface area contributed by atoms with Crippen LogP contribution in [0.15, 0.2) is 0 Å². The lowest BCUT2D eigenvalue weighted by atomic mass is 10.9. The summed E-state index contributed by atoms with van der Waals surface area (Å²) in [6, 6.07) is 0. The third kappa shape index (κ3) is 4450. The molecule has 0 radical (unpaired) electrons. The van der Waals surface area contributed by atoms with Crippen LogP contribution >= 0.6 is 19.1 Å². The Balaban J connectivity index is 0. The normalized spacial score (nSPS) is 6.57. The van der Waals surface area contributed by atoms with Crippen LogP contribution in [-0.2, 0) is 9.36 Å². The van der Waals surface area contributed by atoms with Gasteiger partial charge in [0.15, 0.2) is 0 Å². The molecule has 0 saturated carbocycles. The Morgan fingerprint density at radius 1 is 1.86 bits per heavy atom. The highest BCUT2D eigenvalue weighted by Crippen LogP contribution is 1.92. The van der Waals surface area contributed by atoms with Gasteiger partial charge in [0.05, 0.1) is 0 Å². The van der Waals surface area contributed by atoms with E-state index in [-0.39, 0.29) is 7.81 Å². The summed E-state index contributed by atoms with van der Waals surface area (Å²) in [6.45, 7) is 1.08. The lowest BCUT2D eigenvalue weighted by Gasteiger charge is -1.59. The van der Waals surface area contributed by atoms with Gasteiger partial charge in [-0.2, -0.15) is 0 Å². The predicted octanol–water partition coefficient (Wildman–Crippen LogP) is 1.52. The SMILES string of the molecule is CC(=O)O.O=PCl. The molecule has 0 unspecified atom stereocenters. The van der Waals surface area contributed by atoms with E-state index in [1.54, 1.807) is 0 Å². The summed E-state index contributed by atoms with van der Waals surface area (Å²) in [5.41, 5.74) is 0. The van der Waals surface area contributed by atoms with Crippen molar-refractivity contribution in [2.24, 2.45) is 0 Å². The molecule has 42 valence electrons. The first-order valence-electron chi connectivity index (χ1n) is 1.28. The molecular formula is C2H4ClO3P. The summed E-state index contributed by atoms with van der Waals surface area (Å²) in [5.74, 6) is -0.833. The number of aliphatic carboxylic acids is 1. The van der Waals surface area contributed by atoms with Crippen molar-refractivity contribution in [3.05, 3.63) is 0 Å². The molecule has 0 aliphatic heterocycles. The van der Waals surface area contributed by atoms with Crippen LogP contribution < -0.4 is 0 Å². The van der Waals surface area contributed by atoms with E-state index in [0.717, 1.165) is 6.92 Å². The third-order valence-corrected chi connectivity index (χ3v) is 0. The van der Waals surface area contributed by atoms with Crippen LogP contribution in [0.3, 0.4) is 0 Å². The van der Waals surface area contributed by atoms with E-state index in [0.29, 0.717) is 0 Å². The molecule has 0 rings (SSSR count). The lowest BCUT2D eigenvalue weighted by molar-refractivity contribution is -0.134. The maximum absolute atomic E-state index is 9.00. The molecule has 0 aromatic rings. The van der Waals surface area contributed by atoms with Gasteiger partial charge in [0.1, 0.15) is 0 Å².